The van der Waals surface area contributed by atoms with Gasteiger partial charge in [-0.15, -0.1) is 0 Å². The largest absolute Gasteiger partial charge is 0.448 e. The summed E-state index contributed by atoms with van der Waals surface area (Å²) in [5.74, 6) is 1.61. The molecule has 2 aromatic heterocycles. The Bertz CT molecular complexity index is 692. The van der Waals surface area contributed by atoms with Crippen LogP contribution in [0.3, 0.4) is 0 Å². The van der Waals surface area contributed by atoms with Crippen LogP contribution in [0, 0.1) is 6.92 Å². The van der Waals surface area contributed by atoms with Gasteiger partial charge in [0.1, 0.15) is 17.9 Å². The molecular weight excluding hydrogens is 296 g/mol. The summed E-state index contributed by atoms with van der Waals surface area (Å²) in [6, 6.07) is 1.77. The molecule has 1 fully saturated rings. The molecule has 122 valence electrons. The molecule has 0 saturated carbocycles. The van der Waals surface area contributed by atoms with Crippen molar-refractivity contribution in [3.63, 3.8) is 0 Å². The summed E-state index contributed by atoms with van der Waals surface area (Å²) in [7, 11) is 0. The first-order valence-corrected chi connectivity index (χ1v) is 7.84. The normalized spacial score (nSPS) is 15.6. The maximum Gasteiger partial charge on any atom is 0.278 e. The predicted molar refractivity (Wildman–Crippen MR) is 83.4 cm³/mol. The van der Waals surface area contributed by atoms with Crippen molar-refractivity contribution in [2.24, 2.45) is 0 Å². The van der Waals surface area contributed by atoms with E-state index in [4.69, 9.17) is 9.15 Å². The summed E-state index contributed by atoms with van der Waals surface area (Å²) in [4.78, 5) is 25.1. The molecule has 2 aromatic rings. The van der Waals surface area contributed by atoms with Gasteiger partial charge in [-0.2, -0.15) is 0 Å². The van der Waals surface area contributed by atoms with Crippen molar-refractivity contribution in [2.45, 2.75) is 39.0 Å². The van der Waals surface area contributed by atoms with Gasteiger partial charge < -0.3 is 14.5 Å². The minimum atomic E-state index is -0.327. The molecular formula is C16H20N4O3. The minimum absolute atomic E-state index is 0.221. The number of aryl methyl sites for hydroxylation is 2. The summed E-state index contributed by atoms with van der Waals surface area (Å²) in [5, 5.41) is 2.75. The number of oxazole rings is 1. The van der Waals surface area contributed by atoms with E-state index in [1.807, 2.05) is 6.92 Å². The van der Waals surface area contributed by atoms with Crippen molar-refractivity contribution >= 4 is 11.7 Å². The standard InChI is InChI=1S/C16H20N4O3/c1-3-12-8-14(18-10(2)17-12)20-15(21)13-9-23-16(19-13)11-4-6-22-7-5-11/h8-9,11H,3-7H2,1-2H3,(H,17,18,20,21). The molecule has 1 saturated heterocycles. The quantitative estimate of drug-likeness (QED) is 0.932. The number of anilines is 1. The van der Waals surface area contributed by atoms with Crippen molar-refractivity contribution in [3.8, 4) is 0 Å². The van der Waals surface area contributed by atoms with E-state index in [-0.39, 0.29) is 17.5 Å². The van der Waals surface area contributed by atoms with Gasteiger partial charge in [0.25, 0.3) is 5.91 Å². The van der Waals surface area contributed by atoms with Gasteiger partial charge in [-0.1, -0.05) is 6.92 Å². The highest BCUT2D eigenvalue weighted by Crippen LogP contribution is 2.26. The van der Waals surface area contributed by atoms with E-state index in [1.54, 1.807) is 13.0 Å². The van der Waals surface area contributed by atoms with Crippen LogP contribution >= 0.6 is 0 Å². The zero-order chi connectivity index (χ0) is 16.2. The third-order valence-corrected chi connectivity index (χ3v) is 3.82. The number of amides is 1. The highest BCUT2D eigenvalue weighted by molar-refractivity contribution is 6.02. The van der Waals surface area contributed by atoms with Crippen LogP contribution in [0.5, 0.6) is 0 Å². The number of ether oxygens (including phenoxy) is 1. The number of hydrogen-bond acceptors (Lipinski definition) is 6. The Morgan fingerprint density at radius 3 is 2.83 bits per heavy atom. The second kappa shape index (κ2) is 6.87. The first kappa shape index (κ1) is 15.6. The Morgan fingerprint density at radius 1 is 1.30 bits per heavy atom. The number of carbonyl (C=O) groups excluding carboxylic acids is 1. The second-order valence-electron chi connectivity index (χ2n) is 5.56. The van der Waals surface area contributed by atoms with Gasteiger partial charge in [0.05, 0.1) is 0 Å². The van der Waals surface area contributed by atoms with Crippen LogP contribution in [0.25, 0.3) is 0 Å². The van der Waals surface area contributed by atoms with Gasteiger partial charge in [0.2, 0.25) is 0 Å². The molecule has 0 radical (unpaired) electrons. The average molecular weight is 316 g/mol. The third-order valence-electron chi connectivity index (χ3n) is 3.82. The molecule has 0 unspecified atom stereocenters. The van der Waals surface area contributed by atoms with Crippen LogP contribution in [0.1, 0.15) is 53.6 Å². The Labute approximate surface area is 134 Å². The molecule has 1 aliphatic heterocycles. The molecule has 0 bridgehead atoms. The van der Waals surface area contributed by atoms with Crippen molar-refractivity contribution in [2.75, 3.05) is 18.5 Å². The summed E-state index contributed by atoms with van der Waals surface area (Å²) in [5.41, 5.74) is 1.15. The van der Waals surface area contributed by atoms with Gasteiger partial charge in [-0.25, -0.2) is 15.0 Å². The van der Waals surface area contributed by atoms with Gasteiger partial charge in [0, 0.05) is 30.9 Å². The molecule has 0 aliphatic carbocycles. The molecule has 0 aromatic carbocycles. The van der Waals surface area contributed by atoms with Crippen LogP contribution in [0.4, 0.5) is 5.82 Å². The maximum atomic E-state index is 12.3. The molecule has 7 nitrogen and oxygen atoms in total. The SMILES string of the molecule is CCc1cc(NC(=O)c2coc(C3CCOCC3)n2)nc(C)n1. The Morgan fingerprint density at radius 2 is 2.09 bits per heavy atom. The molecule has 0 spiro atoms. The fourth-order valence-corrected chi connectivity index (χ4v) is 2.58. The lowest BCUT2D eigenvalue weighted by Crippen LogP contribution is -2.16. The van der Waals surface area contributed by atoms with E-state index in [0.717, 1.165) is 25.0 Å². The molecule has 3 heterocycles. The van der Waals surface area contributed by atoms with E-state index in [1.165, 1.54) is 6.26 Å². The van der Waals surface area contributed by atoms with Gasteiger partial charge in [0.15, 0.2) is 11.6 Å². The van der Waals surface area contributed by atoms with Crippen molar-refractivity contribution < 1.29 is 13.9 Å². The lowest BCUT2D eigenvalue weighted by Gasteiger charge is -2.18. The molecule has 7 heteroatoms. The van der Waals surface area contributed by atoms with Crippen LogP contribution < -0.4 is 5.32 Å². The monoisotopic (exact) mass is 316 g/mol. The smallest absolute Gasteiger partial charge is 0.278 e. The third kappa shape index (κ3) is 3.73. The molecule has 23 heavy (non-hydrogen) atoms. The average Bonchev–Trinajstić information content (AvgIpc) is 3.05. The Kier molecular flexibility index (Phi) is 4.66. The summed E-state index contributed by atoms with van der Waals surface area (Å²) in [6.45, 7) is 5.21. The van der Waals surface area contributed by atoms with Gasteiger partial charge in [-0.05, 0) is 26.2 Å². The number of rotatable bonds is 4. The van der Waals surface area contributed by atoms with E-state index in [9.17, 15) is 4.79 Å². The van der Waals surface area contributed by atoms with Crippen molar-refractivity contribution in [3.05, 3.63) is 35.4 Å². The lowest BCUT2D eigenvalue weighted by molar-refractivity contribution is 0.0794. The van der Waals surface area contributed by atoms with Gasteiger partial charge >= 0.3 is 0 Å². The number of aromatic nitrogens is 3. The Hall–Kier alpha value is -2.28. The molecule has 1 N–H and O–H groups in total. The van der Waals surface area contributed by atoms with Crippen molar-refractivity contribution in [1.82, 2.24) is 15.0 Å². The molecule has 3 rings (SSSR count). The van der Waals surface area contributed by atoms with Crippen LogP contribution in [-0.4, -0.2) is 34.1 Å². The van der Waals surface area contributed by atoms with Crippen LogP contribution in [-0.2, 0) is 11.2 Å². The fourth-order valence-electron chi connectivity index (χ4n) is 2.58. The van der Waals surface area contributed by atoms with E-state index in [0.29, 0.717) is 30.7 Å². The van der Waals surface area contributed by atoms with E-state index in [2.05, 4.69) is 20.3 Å². The fraction of sp³-hybridized carbons (Fsp3) is 0.500. The first-order valence-electron chi connectivity index (χ1n) is 7.84. The second-order valence-corrected chi connectivity index (χ2v) is 5.56. The predicted octanol–water partition coefficient (Wildman–Crippen LogP) is 2.48. The summed E-state index contributed by atoms with van der Waals surface area (Å²) in [6.07, 6.45) is 3.91. The summed E-state index contributed by atoms with van der Waals surface area (Å²) >= 11 is 0. The van der Waals surface area contributed by atoms with Crippen LogP contribution in [0.15, 0.2) is 16.7 Å². The van der Waals surface area contributed by atoms with E-state index < -0.39 is 0 Å². The number of carbonyl (C=O) groups is 1. The summed E-state index contributed by atoms with van der Waals surface area (Å²) < 4.78 is 10.8. The molecule has 0 atom stereocenters. The topological polar surface area (TPSA) is 90.1 Å². The highest BCUT2D eigenvalue weighted by atomic mass is 16.5. The lowest BCUT2D eigenvalue weighted by atomic mass is 10.0. The Balaban J connectivity index is 1.71. The first-order chi connectivity index (χ1) is 11.2. The van der Waals surface area contributed by atoms with E-state index >= 15 is 0 Å². The zero-order valence-corrected chi connectivity index (χ0v) is 13.3. The zero-order valence-electron chi connectivity index (χ0n) is 13.3. The highest BCUT2D eigenvalue weighted by Gasteiger charge is 2.22. The van der Waals surface area contributed by atoms with Crippen LogP contribution in [0.2, 0.25) is 0 Å². The molecule has 1 amide bonds. The maximum absolute atomic E-state index is 12.3. The number of nitrogens with zero attached hydrogens (tertiary/aromatic N) is 3. The van der Waals surface area contributed by atoms with Gasteiger partial charge in [-0.3, -0.25) is 4.79 Å². The minimum Gasteiger partial charge on any atom is -0.448 e. The number of hydrogen-bond donors (Lipinski definition) is 1. The molecule has 1 aliphatic rings. The van der Waals surface area contributed by atoms with Crippen molar-refractivity contribution in [1.29, 1.82) is 0 Å². The number of nitrogens with one attached hydrogen (secondary N) is 1.